The van der Waals surface area contributed by atoms with Gasteiger partial charge in [0.15, 0.2) is 12.1 Å². The molecule has 22 heavy (non-hydrogen) atoms. The van der Waals surface area contributed by atoms with Gasteiger partial charge in [-0.1, -0.05) is 0 Å². The molecule has 0 aromatic carbocycles. The van der Waals surface area contributed by atoms with Crippen molar-refractivity contribution in [1.82, 2.24) is 9.88 Å². The summed E-state index contributed by atoms with van der Waals surface area (Å²) in [5.74, 6) is 1.08. The first-order valence-corrected chi connectivity index (χ1v) is 8.24. The number of hydrogen-bond acceptors (Lipinski definition) is 5. The number of carbonyl (C=O) groups is 1. The fourth-order valence-corrected chi connectivity index (χ4v) is 3.68. The van der Waals surface area contributed by atoms with Gasteiger partial charge in [-0.2, -0.15) is 0 Å². The molecule has 6 nitrogen and oxygen atoms in total. The minimum Gasteiger partial charge on any atom is -0.447 e. The molecule has 2 aliphatic heterocycles. The van der Waals surface area contributed by atoms with Gasteiger partial charge in [0.05, 0.1) is 11.7 Å². The van der Waals surface area contributed by atoms with Crippen molar-refractivity contribution in [2.24, 2.45) is 0 Å². The number of piperidine rings is 1. The third-order valence-electron chi connectivity index (χ3n) is 5.26. The Bertz CT molecular complexity index is 558. The first-order valence-electron chi connectivity index (χ1n) is 8.24. The maximum atomic E-state index is 12.7. The second kappa shape index (κ2) is 5.35. The molecule has 1 saturated carbocycles. The van der Waals surface area contributed by atoms with Gasteiger partial charge in [0.25, 0.3) is 5.91 Å². The summed E-state index contributed by atoms with van der Waals surface area (Å²) in [7, 11) is 0. The summed E-state index contributed by atoms with van der Waals surface area (Å²) in [5, 5.41) is 10.3. The molecule has 1 unspecified atom stereocenters. The van der Waals surface area contributed by atoms with Crippen molar-refractivity contribution in [3.8, 4) is 0 Å². The van der Waals surface area contributed by atoms with Crippen LogP contribution in [0.25, 0.3) is 0 Å². The third-order valence-corrected chi connectivity index (χ3v) is 5.26. The molecule has 3 fully saturated rings. The Balaban J connectivity index is 1.44. The molecule has 1 N–H and O–H groups in total. The standard InChI is InChI=1S/C16H22N2O4/c19-12-2-1-9-22-16(12)5-7-18(8-6-16)15(20)13-14(11-3-4-11)21-10-17-13/h10-12,19H,1-9H2. The average molecular weight is 306 g/mol. The first kappa shape index (κ1) is 14.2. The maximum absolute atomic E-state index is 12.7. The van der Waals surface area contributed by atoms with E-state index in [9.17, 15) is 9.90 Å². The third kappa shape index (κ3) is 2.34. The Hall–Kier alpha value is -1.40. The highest BCUT2D eigenvalue weighted by atomic mass is 16.5. The minimum absolute atomic E-state index is 0.0456. The number of hydrogen-bond donors (Lipinski definition) is 1. The Kier molecular flexibility index (Phi) is 3.46. The van der Waals surface area contributed by atoms with Crippen LogP contribution in [0.5, 0.6) is 0 Å². The van der Waals surface area contributed by atoms with E-state index in [-0.39, 0.29) is 5.91 Å². The SMILES string of the molecule is O=C(c1ncoc1C1CC1)N1CCC2(CC1)OCCCC2O. The summed E-state index contributed by atoms with van der Waals surface area (Å²) in [5.41, 5.74) is 0.0293. The number of aliphatic hydroxyl groups excluding tert-OH is 1. The second-order valence-corrected chi connectivity index (χ2v) is 6.70. The number of carbonyl (C=O) groups excluding carboxylic acids is 1. The summed E-state index contributed by atoms with van der Waals surface area (Å²) in [4.78, 5) is 18.6. The number of ether oxygens (including phenoxy) is 1. The van der Waals surface area contributed by atoms with Crippen LogP contribution in [-0.4, -0.2) is 52.3 Å². The molecule has 3 aliphatic rings. The molecule has 4 rings (SSSR count). The van der Waals surface area contributed by atoms with Crippen LogP contribution in [0.3, 0.4) is 0 Å². The van der Waals surface area contributed by atoms with Gasteiger partial charge in [0, 0.05) is 25.6 Å². The van der Waals surface area contributed by atoms with Crippen LogP contribution in [0.15, 0.2) is 10.8 Å². The van der Waals surface area contributed by atoms with Crippen molar-refractivity contribution in [3.63, 3.8) is 0 Å². The Morgan fingerprint density at radius 2 is 2.09 bits per heavy atom. The lowest BCUT2D eigenvalue weighted by Crippen LogP contribution is -2.56. The summed E-state index contributed by atoms with van der Waals surface area (Å²) in [6.07, 6.45) is 6.22. The smallest absolute Gasteiger partial charge is 0.276 e. The highest BCUT2D eigenvalue weighted by Crippen LogP contribution is 2.42. The molecule has 2 saturated heterocycles. The zero-order valence-electron chi connectivity index (χ0n) is 12.7. The van der Waals surface area contributed by atoms with Crippen molar-refractivity contribution in [2.75, 3.05) is 19.7 Å². The topological polar surface area (TPSA) is 75.8 Å². The number of likely N-dealkylation sites (tertiary alicyclic amines) is 1. The predicted octanol–water partition coefficient (Wildman–Crippen LogP) is 1.70. The lowest BCUT2D eigenvalue weighted by atomic mass is 9.82. The second-order valence-electron chi connectivity index (χ2n) is 6.70. The van der Waals surface area contributed by atoms with E-state index in [1.165, 1.54) is 6.39 Å². The number of aromatic nitrogens is 1. The zero-order chi connectivity index (χ0) is 15.2. The van der Waals surface area contributed by atoms with E-state index in [0.29, 0.717) is 44.1 Å². The van der Waals surface area contributed by atoms with E-state index < -0.39 is 11.7 Å². The van der Waals surface area contributed by atoms with E-state index in [1.807, 2.05) is 4.90 Å². The quantitative estimate of drug-likeness (QED) is 0.900. The summed E-state index contributed by atoms with van der Waals surface area (Å²) < 4.78 is 11.3. The highest BCUT2D eigenvalue weighted by molar-refractivity contribution is 5.93. The fourth-order valence-electron chi connectivity index (χ4n) is 3.68. The first-order chi connectivity index (χ1) is 10.7. The van der Waals surface area contributed by atoms with Crippen molar-refractivity contribution < 1.29 is 19.1 Å². The number of nitrogens with zero attached hydrogens (tertiary/aromatic N) is 2. The van der Waals surface area contributed by atoms with E-state index in [2.05, 4.69) is 4.98 Å². The molecule has 1 aromatic rings. The monoisotopic (exact) mass is 306 g/mol. The normalized spacial score (nSPS) is 28.0. The number of oxazole rings is 1. The van der Waals surface area contributed by atoms with E-state index in [4.69, 9.17) is 9.15 Å². The molecule has 0 radical (unpaired) electrons. The highest BCUT2D eigenvalue weighted by Gasteiger charge is 2.45. The molecule has 1 spiro atoms. The molecule has 1 aromatic heterocycles. The Morgan fingerprint density at radius 3 is 2.77 bits per heavy atom. The van der Waals surface area contributed by atoms with Crippen LogP contribution in [0, 0.1) is 0 Å². The van der Waals surface area contributed by atoms with Crippen LogP contribution >= 0.6 is 0 Å². The van der Waals surface area contributed by atoms with Crippen molar-refractivity contribution in [1.29, 1.82) is 0 Å². The molecule has 3 heterocycles. The van der Waals surface area contributed by atoms with Gasteiger partial charge in [0.2, 0.25) is 0 Å². The number of rotatable bonds is 2. The van der Waals surface area contributed by atoms with Crippen LogP contribution < -0.4 is 0 Å². The van der Waals surface area contributed by atoms with Crippen LogP contribution in [0.1, 0.15) is 60.7 Å². The number of amides is 1. The predicted molar refractivity (Wildman–Crippen MR) is 77.5 cm³/mol. The Labute approximate surface area is 129 Å². The number of aliphatic hydroxyl groups is 1. The average Bonchev–Trinajstić information content (AvgIpc) is 3.27. The van der Waals surface area contributed by atoms with Crippen molar-refractivity contribution in [2.45, 2.75) is 56.1 Å². The van der Waals surface area contributed by atoms with Gasteiger partial charge in [-0.15, -0.1) is 0 Å². The lowest BCUT2D eigenvalue weighted by molar-refractivity contribution is -0.174. The van der Waals surface area contributed by atoms with Gasteiger partial charge >= 0.3 is 0 Å². The molecule has 0 bridgehead atoms. The van der Waals surface area contributed by atoms with Gasteiger partial charge in [0.1, 0.15) is 5.76 Å². The van der Waals surface area contributed by atoms with Gasteiger partial charge in [-0.3, -0.25) is 4.79 Å². The van der Waals surface area contributed by atoms with E-state index in [1.54, 1.807) is 0 Å². The lowest BCUT2D eigenvalue weighted by Gasteiger charge is -2.46. The largest absolute Gasteiger partial charge is 0.447 e. The summed E-state index contributed by atoms with van der Waals surface area (Å²) in [6.45, 7) is 1.92. The van der Waals surface area contributed by atoms with Crippen molar-refractivity contribution in [3.05, 3.63) is 17.8 Å². The molecule has 1 amide bonds. The maximum Gasteiger partial charge on any atom is 0.276 e. The molecular weight excluding hydrogens is 284 g/mol. The molecular formula is C16H22N2O4. The van der Waals surface area contributed by atoms with Gasteiger partial charge in [-0.25, -0.2) is 4.98 Å². The minimum atomic E-state index is -0.446. The fraction of sp³-hybridized carbons (Fsp3) is 0.750. The van der Waals surface area contributed by atoms with Crippen LogP contribution in [-0.2, 0) is 4.74 Å². The molecule has 6 heteroatoms. The summed E-state index contributed by atoms with van der Waals surface area (Å²) in [6, 6.07) is 0. The van der Waals surface area contributed by atoms with Crippen LogP contribution in [0.4, 0.5) is 0 Å². The summed E-state index contributed by atoms with van der Waals surface area (Å²) >= 11 is 0. The van der Waals surface area contributed by atoms with Gasteiger partial charge in [-0.05, 0) is 38.5 Å². The van der Waals surface area contributed by atoms with Gasteiger partial charge < -0.3 is 19.2 Å². The zero-order valence-corrected chi connectivity index (χ0v) is 12.7. The molecule has 1 aliphatic carbocycles. The van der Waals surface area contributed by atoms with E-state index in [0.717, 1.165) is 31.4 Å². The van der Waals surface area contributed by atoms with E-state index >= 15 is 0 Å². The van der Waals surface area contributed by atoms with Crippen LogP contribution in [0.2, 0.25) is 0 Å². The molecule has 120 valence electrons. The van der Waals surface area contributed by atoms with Crippen molar-refractivity contribution >= 4 is 5.91 Å². The molecule has 1 atom stereocenters. The Morgan fingerprint density at radius 1 is 1.32 bits per heavy atom.